The van der Waals surface area contributed by atoms with Crippen LogP contribution in [0.15, 0.2) is 209 Å². The van der Waals surface area contributed by atoms with Crippen LogP contribution in [0.25, 0.3) is 0 Å². The van der Waals surface area contributed by atoms with Gasteiger partial charge in [-0.05, 0) is 147 Å². The summed E-state index contributed by atoms with van der Waals surface area (Å²) in [6, 6.07) is 47.3. The number of aliphatic hydroxyl groups is 4. The van der Waals surface area contributed by atoms with Crippen LogP contribution >= 0.6 is 22.7 Å². The molecule has 5 aromatic carbocycles. The molecule has 15 rings (SSSR count). The third kappa shape index (κ3) is 17.6. The number of thiophene rings is 2. The van der Waals surface area contributed by atoms with Crippen LogP contribution in [0.4, 0.5) is 0 Å². The molecule has 0 radical (unpaired) electrons. The maximum Gasteiger partial charge on any atom is 0.338 e. The molecule has 2 amide bonds. The molecule has 706 valence electrons. The first-order valence-electron chi connectivity index (χ1n) is 44.7. The van der Waals surface area contributed by atoms with Gasteiger partial charge >= 0.3 is 47.8 Å². The van der Waals surface area contributed by atoms with Crippen molar-refractivity contribution in [1.82, 2.24) is 10.6 Å². The lowest BCUT2D eigenvalue weighted by Gasteiger charge is -2.68. The highest BCUT2D eigenvalue weighted by atomic mass is 32.1. The van der Waals surface area contributed by atoms with Gasteiger partial charge in [-0.1, -0.05) is 157 Å². The number of benzene rings is 5. The topological polar surface area (TPSA) is 411 Å². The molecule has 133 heavy (non-hydrogen) atoms. The number of ketones is 2. The maximum atomic E-state index is 16.5. The van der Waals surface area contributed by atoms with E-state index in [2.05, 4.69) is 10.6 Å². The molecule has 4 saturated carbocycles. The number of aliphatic hydroxyl groups excluding tert-OH is 2. The molecule has 0 spiro atoms. The number of rotatable bonds is 25. The summed E-state index contributed by atoms with van der Waals surface area (Å²) < 4.78 is 70.0. The van der Waals surface area contributed by atoms with Crippen molar-refractivity contribution in [2.45, 2.75) is 243 Å². The van der Waals surface area contributed by atoms with Crippen LogP contribution in [0.5, 0.6) is 0 Å². The average Bonchev–Trinajstić information content (AvgIpc) is 0.974. The van der Waals surface area contributed by atoms with Crippen LogP contribution in [0.1, 0.15) is 192 Å². The van der Waals surface area contributed by atoms with Crippen LogP contribution < -0.4 is 15.8 Å². The fourth-order valence-corrected chi connectivity index (χ4v) is 25.5. The van der Waals surface area contributed by atoms with E-state index in [1.807, 2.05) is 60.9 Å². The molecule has 4 heterocycles. The molecule has 32 heteroatoms. The van der Waals surface area contributed by atoms with E-state index in [-0.39, 0.29) is 72.3 Å². The highest BCUT2D eigenvalue weighted by Gasteiger charge is 2.81. The largest absolute Gasteiger partial charge is 0.457 e. The van der Waals surface area contributed by atoms with Gasteiger partial charge in [-0.2, -0.15) is 0 Å². The second-order valence-electron chi connectivity index (χ2n) is 37.7. The third-order valence-corrected chi connectivity index (χ3v) is 33.5. The van der Waals surface area contributed by atoms with E-state index in [9.17, 15) is 68.4 Å². The minimum Gasteiger partial charge on any atom is -0.457 e. The summed E-state index contributed by atoms with van der Waals surface area (Å²) in [5.41, 5.74) is -13.7. The Morgan fingerprint density at radius 2 is 0.872 bits per heavy atom. The molecule has 6 fully saturated rings. The summed E-state index contributed by atoms with van der Waals surface area (Å²) in [6.45, 7) is 23.4. The van der Waals surface area contributed by atoms with Crippen molar-refractivity contribution in [1.29, 1.82) is 0 Å². The highest BCUT2D eigenvalue weighted by Crippen LogP contribution is 2.68. The van der Waals surface area contributed by atoms with Crippen molar-refractivity contribution in [3.8, 4) is 0 Å². The third-order valence-electron chi connectivity index (χ3n) is 29.0. The van der Waals surface area contributed by atoms with E-state index in [0.717, 1.165) is 12.1 Å². The van der Waals surface area contributed by atoms with Gasteiger partial charge in [0.15, 0.2) is 41.1 Å². The Labute approximate surface area is 780 Å². The summed E-state index contributed by atoms with van der Waals surface area (Å²) in [6.07, 6.45) is -17.8. The minimum atomic E-state index is -2.98. The number of carbonyl (C=O) groups excluding carboxylic acids is 12. The average molecular weight is 1880 g/mol. The minimum absolute atomic E-state index is 0.0127. The van der Waals surface area contributed by atoms with Gasteiger partial charge in [0.2, 0.25) is 8.32 Å². The maximum absolute atomic E-state index is 16.5. The second-order valence-corrected chi connectivity index (χ2v) is 43.5. The standard InChI is InChI=1S/C55H63NO13SSi.C46H51NO14S/c1-10-42(58)66-45-43-32(2)38(65-50(61)33(3)44(39-27-20-28-70-39)56-49(60)35-21-14-11-15-22-35)30-55(63,52(43,5)6)48(67-51(62)36-23-16-12-17-24-36)46-53(7,47(45)59)40(29-41-54(46,31-64-41)68-34(4)57)69-71(8,9)37-25-18-13-19-26-37;1-7-32(50)59-36-33-24(2)28(58-42(55)35(51)34(29-19-14-20-62-29)47-40(53)26-15-10-8-11-16-26)22-46(56,43(33,4)5)39(60-41(54)27-17-12-9-13-18-27)37-44(6,38(36)52)30(49)21-31-45(37,23-57-31)61-25(3)48/h11-28,33,38,40-41,44-46,48,63H,10,29-31H2,1-9H3,(H,56,60);8-20,28,30-31,34-37,39,49,51,56H,7,21-23H2,1-6H3,(H,47,53)/t33-,38+,40+,41-,44-,45-,46?,48+,53-,54+,55-;28-,30-,31+,34-,35+,36+,37?,39-,44+,45-,46+/m10/s1. The monoisotopic (exact) mass is 1880 g/mol. The summed E-state index contributed by atoms with van der Waals surface area (Å²) in [7, 11) is -2.98. The first-order chi connectivity index (χ1) is 62.9. The number of hydrogen-bond acceptors (Lipinski definition) is 29. The van der Waals surface area contributed by atoms with E-state index in [4.69, 9.17) is 51.8 Å². The molecule has 8 aliphatic rings. The molecule has 2 saturated heterocycles. The summed E-state index contributed by atoms with van der Waals surface area (Å²) >= 11 is 2.53. The van der Waals surface area contributed by atoms with Crippen molar-refractivity contribution in [3.05, 3.63) is 241 Å². The molecule has 6 aliphatic carbocycles. The molecule has 2 aromatic heterocycles. The van der Waals surface area contributed by atoms with E-state index in [0.29, 0.717) is 20.9 Å². The van der Waals surface area contributed by atoms with Gasteiger partial charge in [-0.25, -0.2) is 14.4 Å². The molecule has 4 bridgehead atoms. The number of ether oxygens (including phenoxy) is 10. The quantitative estimate of drug-likeness (QED) is 0.0134. The number of nitrogens with one attached hydrogen (secondary N) is 2. The van der Waals surface area contributed by atoms with Gasteiger partial charge < -0.3 is 82.9 Å². The number of esters is 8. The number of carbonyl (C=O) groups is 12. The van der Waals surface area contributed by atoms with Crippen LogP contribution in [-0.2, 0) is 90.2 Å². The van der Waals surface area contributed by atoms with Crippen LogP contribution in [0.3, 0.4) is 0 Å². The predicted molar refractivity (Wildman–Crippen MR) is 486 cm³/mol. The van der Waals surface area contributed by atoms with Crippen LogP contribution in [0.2, 0.25) is 13.1 Å². The highest BCUT2D eigenvalue weighted by molar-refractivity contribution is 7.10. The van der Waals surface area contributed by atoms with Crippen molar-refractivity contribution in [3.63, 3.8) is 0 Å². The van der Waals surface area contributed by atoms with Gasteiger partial charge in [-0.3, -0.25) is 43.2 Å². The fraction of sp³-hybridized carbons (Fsp3) is 0.465. The normalized spacial score (nSPS) is 30.7. The number of fused-ring (bicyclic) bond motifs is 10. The van der Waals surface area contributed by atoms with Crippen molar-refractivity contribution < 1.29 is 130 Å². The molecule has 7 aromatic rings. The molecular weight excluding hydrogens is 1770 g/mol. The van der Waals surface area contributed by atoms with Crippen molar-refractivity contribution in [2.75, 3.05) is 13.2 Å². The van der Waals surface area contributed by atoms with Gasteiger partial charge in [-0.15, -0.1) is 22.7 Å². The molecule has 29 nitrogen and oxygen atoms in total. The zero-order valence-electron chi connectivity index (χ0n) is 76.8. The van der Waals surface area contributed by atoms with Gasteiger partial charge in [0, 0.05) is 84.1 Å². The van der Waals surface area contributed by atoms with Crippen LogP contribution in [0, 0.1) is 39.4 Å². The lowest BCUT2D eigenvalue weighted by Crippen LogP contribution is -2.82. The Kier molecular flexibility index (Phi) is 28.0. The van der Waals surface area contributed by atoms with E-state index >= 15 is 9.59 Å². The lowest BCUT2D eigenvalue weighted by atomic mass is 9.44. The second kappa shape index (κ2) is 38.0. The lowest BCUT2D eigenvalue weighted by molar-refractivity contribution is -0.346. The van der Waals surface area contributed by atoms with Gasteiger partial charge in [0.1, 0.15) is 53.9 Å². The Morgan fingerprint density at radius 3 is 1.26 bits per heavy atom. The summed E-state index contributed by atoms with van der Waals surface area (Å²) in [4.78, 5) is 172. The Balaban J connectivity index is 0.000000216. The molecule has 2 aliphatic heterocycles. The van der Waals surface area contributed by atoms with Crippen LogP contribution in [-0.4, -0.2) is 203 Å². The Morgan fingerprint density at radius 1 is 0.496 bits per heavy atom. The molecule has 22 atom stereocenters. The van der Waals surface area contributed by atoms with Gasteiger partial charge in [0.05, 0.1) is 71.2 Å². The summed E-state index contributed by atoms with van der Waals surface area (Å²) in [5.74, 6) is -13.2. The zero-order chi connectivity index (χ0) is 96.2. The fourth-order valence-electron chi connectivity index (χ4n) is 21.6. The Bertz CT molecular complexity index is 5640. The van der Waals surface area contributed by atoms with Crippen molar-refractivity contribution in [2.24, 2.45) is 39.4 Å². The number of hydrogen-bond donors (Lipinski definition) is 6. The SMILES string of the molecule is CCC(=O)O[C@H]1C(=O)[C@@]2(C)C([C@H](OC(=O)c3ccccc3)[C@]3(O)C[C@H](OC(=O)[C@H](C)[C@@H](NC(=O)c4ccccc4)c4cccs4)C(C)=C1C3(C)C)[C@]1(OC(C)=O)CO[C@@H]1C[C@@H]2O[Si](C)(C)c1ccccc1.CCC(=O)O[C@H]1C(=O)[C@@]2(C)C([C@H](OC(=O)c3ccccc3)[C@]3(O)C[C@H](OC(=O)[C@H](O)[C@@H](NC(=O)c4ccccc4)c4cccs4)C(C)=C1C3(C)C)[C@]1(OC(C)=O)CO[C@@H]1C[C@@H]2O. The first kappa shape index (κ1) is 98.0. The first-order valence-corrected chi connectivity index (χ1v) is 49.4. The van der Waals surface area contributed by atoms with E-state index in [1.165, 1.54) is 62.5 Å². The van der Waals surface area contributed by atoms with Gasteiger partial charge in [0.25, 0.3) is 11.8 Å². The number of amides is 2. The zero-order valence-corrected chi connectivity index (χ0v) is 79.4. The van der Waals surface area contributed by atoms with Crippen molar-refractivity contribution >= 4 is 107 Å². The van der Waals surface area contributed by atoms with E-state index < -0.39 is 233 Å². The molecular formula is C101H114N2O27S2Si. The molecule has 2 unspecified atom stereocenters. The summed E-state index contributed by atoms with van der Waals surface area (Å²) in [5, 5.41) is 62.0. The smallest absolute Gasteiger partial charge is 0.338 e. The predicted octanol–water partition coefficient (Wildman–Crippen LogP) is 11.8. The number of Topliss-reactive ketones (excluding diaryl/α,β-unsaturated/α-hetero) is 2. The molecule has 6 N–H and O–H groups in total. The van der Waals surface area contributed by atoms with E-state index in [1.54, 1.807) is 182 Å². The Hall–Kier alpha value is -11.0.